The maximum atomic E-state index is 12.7. The third-order valence-electron chi connectivity index (χ3n) is 5.57. The van der Waals surface area contributed by atoms with Gasteiger partial charge in [-0.15, -0.1) is 12.4 Å². The number of hydrogen-bond acceptors (Lipinski definition) is 6. The van der Waals surface area contributed by atoms with Gasteiger partial charge in [0.05, 0.1) is 10.4 Å². The predicted octanol–water partition coefficient (Wildman–Crippen LogP) is 2.79. The van der Waals surface area contributed by atoms with E-state index in [4.69, 9.17) is 10.3 Å². The highest BCUT2D eigenvalue weighted by Crippen LogP contribution is 2.36. The lowest BCUT2D eigenvalue weighted by Crippen LogP contribution is -2.38. The van der Waals surface area contributed by atoms with Gasteiger partial charge in [-0.25, -0.2) is 8.42 Å². The van der Waals surface area contributed by atoms with Gasteiger partial charge < -0.3 is 10.3 Å². The van der Waals surface area contributed by atoms with E-state index in [1.807, 2.05) is 6.07 Å². The quantitative estimate of drug-likeness (QED) is 0.828. The largest absolute Gasteiger partial charge is 0.339 e. The lowest BCUT2D eigenvalue weighted by molar-refractivity contribution is 0.268. The van der Waals surface area contributed by atoms with Gasteiger partial charge in [-0.2, -0.15) is 9.29 Å². The van der Waals surface area contributed by atoms with Gasteiger partial charge in [-0.3, -0.25) is 0 Å². The molecule has 1 aromatic carbocycles. The molecule has 0 spiro atoms. The smallest absolute Gasteiger partial charge is 0.243 e. The first kappa shape index (κ1) is 20.3. The molecule has 0 atom stereocenters. The Morgan fingerprint density at radius 2 is 1.74 bits per heavy atom. The second-order valence-corrected chi connectivity index (χ2v) is 9.25. The summed E-state index contributed by atoms with van der Waals surface area (Å²) in [6.07, 6.45) is 5.31. The summed E-state index contributed by atoms with van der Waals surface area (Å²) in [6.45, 7) is 0.904. The zero-order chi connectivity index (χ0) is 18.2. The Balaban J connectivity index is 0.00000210. The van der Waals surface area contributed by atoms with Gasteiger partial charge in [0.1, 0.15) is 0 Å². The second kappa shape index (κ2) is 7.87. The van der Waals surface area contributed by atoms with Crippen molar-refractivity contribution in [2.75, 3.05) is 13.1 Å². The van der Waals surface area contributed by atoms with E-state index in [0.717, 1.165) is 25.7 Å². The van der Waals surface area contributed by atoms with E-state index in [1.54, 1.807) is 24.3 Å². The number of halogens is 1. The second-order valence-electron chi connectivity index (χ2n) is 7.31. The minimum absolute atomic E-state index is 0. The van der Waals surface area contributed by atoms with Crippen molar-refractivity contribution in [2.24, 2.45) is 5.73 Å². The third kappa shape index (κ3) is 3.89. The molecule has 2 aliphatic rings. The van der Waals surface area contributed by atoms with Crippen molar-refractivity contribution in [3.8, 4) is 0 Å². The molecule has 2 aromatic rings. The maximum Gasteiger partial charge on any atom is 0.243 e. The predicted molar refractivity (Wildman–Crippen MR) is 103 cm³/mol. The van der Waals surface area contributed by atoms with Gasteiger partial charge in [0.25, 0.3) is 0 Å². The molecule has 0 amide bonds. The summed E-state index contributed by atoms with van der Waals surface area (Å²) < 4.78 is 32.4. The van der Waals surface area contributed by atoms with E-state index < -0.39 is 15.6 Å². The standard InChI is InChI=1S/C18H24N4O3S.ClH/c19-18(10-4-5-11-18)17-20-16(25-21-17)14-8-12-22(13-9-14)26(23,24)15-6-2-1-3-7-15;/h1-3,6-7,14H,4-5,8-13,19H2;1H. The van der Waals surface area contributed by atoms with E-state index in [-0.39, 0.29) is 18.3 Å². The van der Waals surface area contributed by atoms with Crippen LogP contribution in [-0.2, 0) is 15.6 Å². The van der Waals surface area contributed by atoms with E-state index in [9.17, 15) is 8.42 Å². The monoisotopic (exact) mass is 412 g/mol. The summed E-state index contributed by atoms with van der Waals surface area (Å²) in [5.41, 5.74) is 5.94. The third-order valence-corrected chi connectivity index (χ3v) is 7.48. The number of rotatable bonds is 4. The first-order chi connectivity index (χ1) is 12.5. The Hall–Kier alpha value is -1.48. The molecule has 148 valence electrons. The van der Waals surface area contributed by atoms with Crippen LogP contribution in [0.1, 0.15) is 56.2 Å². The van der Waals surface area contributed by atoms with Crippen molar-refractivity contribution in [3.63, 3.8) is 0 Å². The zero-order valence-electron chi connectivity index (χ0n) is 15.1. The van der Waals surface area contributed by atoms with Crippen LogP contribution in [-0.4, -0.2) is 36.0 Å². The highest BCUT2D eigenvalue weighted by Gasteiger charge is 2.38. The average molecular weight is 413 g/mol. The van der Waals surface area contributed by atoms with Crippen LogP contribution >= 0.6 is 12.4 Å². The number of sulfonamides is 1. The van der Waals surface area contributed by atoms with Crippen LogP contribution in [0.5, 0.6) is 0 Å². The van der Waals surface area contributed by atoms with Crippen molar-refractivity contribution < 1.29 is 12.9 Å². The number of piperidine rings is 1. The lowest BCUT2D eigenvalue weighted by Gasteiger charge is -2.29. The molecular weight excluding hydrogens is 388 g/mol. The van der Waals surface area contributed by atoms with E-state index in [2.05, 4.69) is 10.1 Å². The van der Waals surface area contributed by atoms with Crippen LogP contribution in [0.3, 0.4) is 0 Å². The van der Waals surface area contributed by atoms with Crippen LogP contribution in [0, 0.1) is 0 Å². The first-order valence-electron chi connectivity index (χ1n) is 9.17. The molecule has 2 fully saturated rings. The number of nitrogens with zero attached hydrogens (tertiary/aromatic N) is 3. The molecule has 7 nitrogen and oxygen atoms in total. The van der Waals surface area contributed by atoms with Gasteiger partial charge in [0.2, 0.25) is 15.9 Å². The minimum atomic E-state index is -3.44. The van der Waals surface area contributed by atoms with Gasteiger partial charge in [0, 0.05) is 19.0 Å². The molecule has 4 rings (SSSR count). The van der Waals surface area contributed by atoms with Gasteiger partial charge in [0.15, 0.2) is 5.82 Å². The molecule has 0 unspecified atom stereocenters. The Morgan fingerprint density at radius 3 is 2.37 bits per heavy atom. The Morgan fingerprint density at radius 1 is 1.11 bits per heavy atom. The highest BCUT2D eigenvalue weighted by atomic mass is 35.5. The van der Waals surface area contributed by atoms with E-state index in [0.29, 0.717) is 42.5 Å². The fourth-order valence-corrected chi connectivity index (χ4v) is 5.41. The van der Waals surface area contributed by atoms with Crippen LogP contribution < -0.4 is 5.73 Å². The molecule has 1 aliphatic carbocycles. The molecule has 0 radical (unpaired) electrons. The summed E-state index contributed by atoms with van der Waals surface area (Å²) in [6, 6.07) is 8.56. The summed E-state index contributed by atoms with van der Waals surface area (Å²) in [5.74, 6) is 1.28. The van der Waals surface area contributed by atoms with Gasteiger partial charge >= 0.3 is 0 Å². The number of benzene rings is 1. The van der Waals surface area contributed by atoms with Crippen molar-refractivity contribution in [1.82, 2.24) is 14.4 Å². The molecule has 1 saturated heterocycles. The molecule has 1 saturated carbocycles. The lowest BCUT2D eigenvalue weighted by atomic mass is 9.97. The molecule has 9 heteroatoms. The molecule has 2 N–H and O–H groups in total. The van der Waals surface area contributed by atoms with Crippen LogP contribution in [0.4, 0.5) is 0 Å². The van der Waals surface area contributed by atoms with Crippen molar-refractivity contribution in [3.05, 3.63) is 42.0 Å². The summed E-state index contributed by atoms with van der Waals surface area (Å²) in [4.78, 5) is 4.90. The normalized spacial score (nSPS) is 21.1. The topological polar surface area (TPSA) is 102 Å². The van der Waals surface area contributed by atoms with Gasteiger partial charge in [-0.05, 0) is 37.8 Å². The number of hydrogen-bond donors (Lipinski definition) is 1. The minimum Gasteiger partial charge on any atom is -0.339 e. The van der Waals surface area contributed by atoms with Crippen molar-refractivity contribution in [1.29, 1.82) is 0 Å². The van der Waals surface area contributed by atoms with Crippen LogP contribution in [0.2, 0.25) is 0 Å². The van der Waals surface area contributed by atoms with Gasteiger partial charge in [-0.1, -0.05) is 36.2 Å². The molecule has 27 heavy (non-hydrogen) atoms. The summed E-state index contributed by atoms with van der Waals surface area (Å²) >= 11 is 0. The fourth-order valence-electron chi connectivity index (χ4n) is 3.92. The van der Waals surface area contributed by atoms with E-state index in [1.165, 1.54) is 4.31 Å². The molecule has 2 heterocycles. The SMILES string of the molecule is Cl.NC1(c2noc(C3CCN(S(=O)(=O)c4ccccc4)CC3)n2)CCCC1. The molecule has 1 aliphatic heterocycles. The Bertz CT molecular complexity index is 858. The average Bonchev–Trinajstić information content (AvgIpc) is 3.33. The summed E-state index contributed by atoms with van der Waals surface area (Å²) in [7, 11) is -3.44. The first-order valence-corrected chi connectivity index (χ1v) is 10.6. The Kier molecular flexibility index (Phi) is 5.90. The Labute approximate surface area is 165 Å². The maximum absolute atomic E-state index is 12.7. The number of nitrogens with two attached hydrogens (primary N) is 1. The van der Waals surface area contributed by atoms with Crippen molar-refractivity contribution >= 4 is 22.4 Å². The zero-order valence-corrected chi connectivity index (χ0v) is 16.7. The highest BCUT2D eigenvalue weighted by molar-refractivity contribution is 7.89. The van der Waals surface area contributed by atoms with Crippen LogP contribution in [0.15, 0.2) is 39.8 Å². The van der Waals surface area contributed by atoms with E-state index >= 15 is 0 Å². The summed E-state index contributed by atoms with van der Waals surface area (Å²) in [5, 5.41) is 4.12. The number of aromatic nitrogens is 2. The van der Waals surface area contributed by atoms with Crippen molar-refractivity contribution in [2.45, 2.75) is 54.9 Å². The molecular formula is C18H25ClN4O3S. The van der Waals surface area contributed by atoms with Crippen LogP contribution in [0.25, 0.3) is 0 Å². The molecule has 1 aromatic heterocycles. The fraction of sp³-hybridized carbons (Fsp3) is 0.556. The molecule has 0 bridgehead atoms.